The third-order valence-corrected chi connectivity index (χ3v) is 1.26. The molecule has 4 N–H and O–H groups in total. The Balaban J connectivity index is 0.000000336. The van der Waals surface area contributed by atoms with Crippen molar-refractivity contribution in [2.24, 2.45) is 5.73 Å². The summed E-state index contributed by atoms with van der Waals surface area (Å²) in [4.78, 5) is 17.0. The number of anilines is 1. The van der Waals surface area contributed by atoms with Crippen LogP contribution < -0.4 is 16.2 Å². The summed E-state index contributed by atoms with van der Waals surface area (Å²) < 4.78 is 8.73. The molecule has 0 saturated heterocycles. The quantitative estimate of drug-likeness (QED) is 0.684. The van der Waals surface area contributed by atoms with E-state index in [1.165, 1.54) is 7.11 Å². The Labute approximate surface area is 87.4 Å². The van der Waals surface area contributed by atoms with Gasteiger partial charge in [-0.15, -0.1) is 0 Å². The smallest absolute Gasteiger partial charge is 0.404 e. The van der Waals surface area contributed by atoms with Crippen LogP contribution in [-0.4, -0.2) is 30.3 Å². The van der Waals surface area contributed by atoms with Crippen molar-refractivity contribution in [2.45, 2.75) is 6.92 Å². The highest BCUT2D eigenvalue weighted by Gasteiger charge is 1.95. The number of ether oxygens (including phenoxy) is 2. The van der Waals surface area contributed by atoms with E-state index in [1.54, 1.807) is 13.2 Å². The number of aromatic nitrogens is 2. The van der Waals surface area contributed by atoms with Crippen LogP contribution in [0, 0.1) is 6.92 Å². The molecule has 0 aliphatic rings. The van der Waals surface area contributed by atoms with E-state index in [1.807, 2.05) is 6.92 Å². The molecular formula is C8H14N4O3. The van der Waals surface area contributed by atoms with Gasteiger partial charge in [0.25, 0.3) is 0 Å². The van der Waals surface area contributed by atoms with Gasteiger partial charge in [-0.25, -0.2) is 9.78 Å². The first kappa shape index (κ1) is 12.9. The molecule has 15 heavy (non-hydrogen) atoms. The van der Waals surface area contributed by atoms with E-state index in [4.69, 9.17) is 10.5 Å². The van der Waals surface area contributed by atoms with Gasteiger partial charge in [0, 0.05) is 11.8 Å². The minimum absolute atomic E-state index is 0.247. The lowest BCUT2D eigenvalue weighted by molar-refractivity contribution is 0.182. The molecule has 7 heteroatoms. The second kappa shape index (κ2) is 6.41. The van der Waals surface area contributed by atoms with Crippen LogP contribution in [0.3, 0.4) is 0 Å². The van der Waals surface area contributed by atoms with Gasteiger partial charge in [0.2, 0.25) is 11.8 Å². The van der Waals surface area contributed by atoms with Gasteiger partial charge < -0.3 is 20.9 Å². The van der Waals surface area contributed by atoms with E-state index in [2.05, 4.69) is 20.4 Å². The molecule has 1 aromatic rings. The Morgan fingerprint density at radius 2 is 1.93 bits per heavy atom. The fourth-order valence-electron chi connectivity index (χ4n) is 0.666. The van der Waals surface area contributed by atoms with Crippen molar-refractivity contribution in [1.29, 1.82) is 0 Å². The molecule has 0 aliphatic carbocycles. The van der Waals surface area contributed by atoms with Crippen LogP contribution in [0.4, 0.5) is 10.7 Å². The van der Waals surface area contributed by atoms with Crippen molar-refractivity contribution in [2.75, 3.05) is 20.0 Å². The highest BCUT2D eigenvalue weighted by atomic mass is 16.5. The number of primary amides is 1. The molecule has 1 rings (SSSR count). The zero-order chi connectivity index (χ0) is 11.8. The largest absolute Gasteiger partial charge is 0.481 e. The van der Waals surface area contributed by atoms with Crippen molar-refractivity contribution in [1.82, 2.24) is 9.97 Å². The summed E-state index contributed by atoms with van der Waals surface area (Å²) in [6.07, 6.45) is -0.745. The molecule has 0 radical (unpaired) electrons. The molecule has 0 saturated carbocycles. The molecule has 1 aromatic heterocycles. The van der Waals surface area contributed by atoms with E-state index in [9.17, 15) is 4.79 Å². The van der Waals surface area contributed by atoms with E-state index in [0.717, 1.165) is 5.69 Å². The average Bonchev–Trinajstić information content (AvgIpc) is 2.17. The highest BCUT2D eigenvalue weighted by Crippen LogP contribution is 2.07. The van der Waals surface area contributed by atoms with Crippen LogP contribution in [0.15, 0.2) is 6.07 Å². The zero-order valence-electron chi connectivity index (χ0n) is 8.85. The maximum absolute atomic E-state index is 9.37. The highest BCUT2D eigenvalue weighted by molar-refractivity contribution is 5.64. The zero-order valence-corrected chi connectivity index (χ0v) is 8.85. The molecule has 0 fully saturated rings. The lowest BCUT2D eigenvalue weighted by Gasteiger charge is -1.99. The third-order valence-electron chi connectivity index (χ3n) is 1.26. The first-order valence-corrected chi connectivity index (χ1v) is 3.98. The van der Waals surface area contributed by atoms with Crippen molar-refractivity contribution < 1.29 is 14.3 Å². The molecule has 84 valence electrons. The molecule has 7 nitrogen and oxygen atoms in total. The average molecular weight is 214 g/mol. The number of nitrogens with zero attached hydrogens (tertiary/aromatic N) is 2. The minimum atomic E-state index is -0.745. The van der Waals surface area contributed by atoms with Crippen molar-refractivity contribution in [3.05, 3.63) is 11.8 Å². The second-order valence-electron chi connectivity index (χ2n) is 2.43. The number of hydrogen-bond donors (Lipinski definition) is 2. The second-order valence-corrected chi connectivity index (χ2v) is 2.43. The number of carbonyl (C=O) groups excluding carboxylic acids is 1. The van der Waals surface area contributed by atoms with Gasteiger partial charge in [-0.05, 0) is 6.92 Å². The van der Waals surface area contributed by atoms with Gasteiger partial charge in [0.15, 0.2) is 0 Å². The molecule has 0 atom stereocenters. The van der Waals surface area contributed by atoms with Gasteiger partial charge in [0.1, 0.15) is 0 Å². The van der Waals surface area contributed by atoms with Crippen LogP contribution >= 0.6 is 0 Å². The van der Waals surface area contributed by atoms with Gasteiger partial charge >= 0.3 is 6.09 Å². The fraction of sp³-hybridized carbons (Fsp3) is 0.375. The number of amides is 1. The first-order valence-electron chi connectivity index (χ1n) is 3.98. The molecule has 0 unspecified atom stereocenters. The number of nitrogens with two attached hydrogens (primary N) is 2. The number of nitrogen functional groups attached to an aromatic ring is 1. The minimum Gasteiger partial charge on any atom is -0.481 e. The monoisotopic (exact) mass is 214 g/mol. The van der Waals surface area contributed by atoms with Crippen molar-refractivity contribution >= 4 is 12.0 Å². The van der Waals surface area contributed by atoms with Gasteiger partial charge in [-0.3, -0.25) is 0 Å². The molecule has 0 bridgehead atoms. The predicted molar refractivity (Wildman–Crippen MR) is 54.3 cm³/mol. The summed E-state index contributed by atoms with van der Waals surface area (Å²) in [6, 6.07) is 1.72. The first-order chi connectivity index (χ1) is 6.99. The van der Waals surface area contributed by atoms with E-state index in [-0.39, 0.29) is 5.95 Å². The predicted octanol–water partition coefficient (Wildman–Crippen LogP) is 0.0873. The summed E-state index contributed by atoms with van der Waals surface area (Å²) in [5.74, 6) is 0.752. The summed E-state index contributed by atoms with van der Waals surface area (Å²) in [7, 11) is 2.77. The topological polar surface area (TPSA) is 113 Å². The fourth-order valence-corrected chi connectivity index (χ4v) is 0.666. The summed E-state index contributed by atoms with van der Waals surface area (Å²) in [5.41, 5.74) is 10.6. The van der Waals surface area contributed by atoms with Crippen LogP contribution in [0.2, 0.25) is 0 Å². The Morgan fingerprint density at radius 3 is 2.27 bits per heavy atom. The summed E-state index contributed by atoms with van der Waals surface area (Å²) in [5, 5.41) is 0. The van der Waals surface area contributed by atoms with Gasteiger partial charge in [0.05, 0.1) is 14.2 Å². The third kappa shape index (κ3) is 6.08. The van der Waals surface area contributed by atoms with Crippen molar-refractivity contribution in [3.8, 4) is 5.88 Å². The van der Waals surface area contributed by atoms with E-state index < -0.39 is 6.09 Å². The Kier molecular flexibility index (Phi) is 5.53. The summed E-state index contributed by atoms with van der Waals surface area (Å²) >= 11 is 0. The number of aryl methyl sites for hydroxylation is 1. The molecular weight excluding hydrogens is 200 g/mol. The standard InChI is InChI=1S/C6H9N3O.C2H5NO2/c1-4-3-5(10-2)9-6(7)8-4;1-5-2(3)4/h3H,1-2H3,(H2,7,8,9);1H3,(H2,3,4). The molecule has 0 aliphatic heterocycles. The maximum Gasteiger partial charge on any atom is 0.404 e. The number of hydrogen-bond acceptors (Lipinski definition) is 6. The van der Waals surface area contributed by atoms with Crippen LogP contribution in [0.1, 0.15) is 5.69 Å². The Morgan fingerprint density at radius 1 is 1.40 bits per heavy atom. The number of methoxy groups -OCH3 is 2. The Bertz CT molecular complexity index is 309. The van der Waals surface area contributed by atoms with Gasteiger partial charge in [-0.2, -0.15) is 4.98 Å². The SMILES string of the molecule is COC(N)=O.COc1cc(C)nc(N)n1. The number of rotatable bonds is 1. The van der Waals surface area contributed by atoms with Crippen LogP contribution in [0.5, 0.6) is 5.88 Å². The molecule has 1 heterocycles. The van der Waals surface area contributed by atoms with Crippen molar-refractivity contribution in [3.63, 3.8) is 0 Å². The van der Waals surface area contributed by atoms with E-state index in [0.29, 0.717) is 5.88 Å². The van der Waals surface area contributed by atoms with E-state index >= 15 is 0 Å². The van der Waals surface area contributed by atoms with Crippen LogP contribution in [0.25, 0.3) is 0 Å². The Hall–Kier alpha value is -2.05. The maximum atomic E-state index is 9.37. The molecule has 0 aromatic carbocycles. The lowest BCUT2D eigenvalue weighted by atomic mass is 10.4. The number of carbonyl (C=O) groups is 1. The van der Waals surface area contributed by atoms with Crippen LogP contribution in [-0.2, 0) is 4.74 Å². The van der Waals surface area contributed by atoms with Gasteiger partial charge in [-0.1, -0.05) is 0 Å². The normalized spacial score (nSPS) is 8.47. The molecule has 0 spiro atoms. The lowest BCUT2D eigenvalue weighted by Crippen LogP contribution is -2.08. The molecule has 1 amide bonds. The summed E-state index contributed by atoms with van der Waals surface area (Å²) in [6.45, 7) is 1.83.